The first-order chi connectivity index (χ1) is 8.71. The molecule has 1 spiro atoms. The lowest BCUT2D eigenvalue weighted by atomic mass is 10.1. The van der Waals surface area contributed by atoms with Crippen molar-refractivity contribution in [3.05, 3.63) is 30.3 Å². The summed E-state index contributed by atoms with van der Waals surface area (Å²) < 4.78 is 10.4. The Bertz CT molecular complexity index is 469. The van der Waals surface area contributed by atoms with Gasteiger partial charge in [0.15, 0.2) is 0 Å². The second-order valence-corrected chi connectivity index (χ2v) is 4.44. The summed E-state index contributed by atoms with van der Waals surface area (Å²) in [5, 5.41) is 0. The lowest BCUT2D eigenvalue weighted by Crippen LogP contribution is -2.53. The van der Waals surface area contributed by atoms with Gasteiger partial charge in [-0.15, -0.1) is 0 Å². The molecule has 2 heterocycles. The van der Waals surface area contributed by atoms with Crippen LogP contribution in [0.1, 0.15) is 19.3 Å². The highest BCUT2D eigenvalue weighted by molar-refractivity contribution is 6.31. The third-order valence-corrected chi connectivity index (χ3v) is 3.27. The van der Waals surface area contributed by atoms with E-state index in [1.165, 1.54) is 0 Å². The third-order valence-electron chi connectivity index (χ3n) is 3.27. The Balaban J connectivity index is 1.97. The summed E-state index contributed by atoms with van der Waals surface area (Å²) in [6.45, 7) is 0.699. The molecule has 1 aromatic carbocycles. The van der Waals surface area contributed by atoms with Crippen LogP contribution in [0.4, 0.5) is 5.69 Å². The van der Waals surface area contributed by atoms with Crippen molar-refractivity contribution in [2.45, 2.75) is 25.2 Å². The maximum absolute atomic E-state index is 11.3. The number of anilines is 1. The summed E-state index contributed by atoms with van der Waals surface area (Å²) >= 11 is 0. The van der Waals surface area contributed by atoms with Gasteiger partial charge in [-0.2, -0.15) is 0 Å². The van der Waals surface area contributed by atoms with Crippen molar-refractivity contribution in [3.63, 3.8) is 0 Å². The van der Waals surface area contributed by atoms with E-state index in [-0.39, 0.29) is 0 Å². The van der Waals surface area contributed by atoms with E-state index in [2.05, 4.69) is 0 Å². The first-order valence-electron chi connectivity index (χ1n) is 6.00. The zero-order valence-corrected chi connectivity index (χ0v) is 9.80. The maximum Gasteiger partial charge on any atom is 0.422 e. The minimum atomic E-state index is -1.23. The van der Waals surface area contributed by atoms with Gasteiger partial charge in [-0.1, -0.05) is 18.2 Å². The van der Waals surface area contributed by atoms with Gasteiger partial charge in [0.2, 0.25) is 0 Å². The van der Waals surface area contributed by atoms with Crippen LogP contribution in [0, 0.1) is 0 Å². The van der Waals surface area contributed by atoms with Crippen LogP contribution in [0.5, 0.6) is 0 Å². The summed E-state index contributed by atoms with van der Waals surface area (Å²) in [6.07, 6.45) is 2.36. The molecule has 3 rings (SSSR count). The molecule has 0 saturated carbocycles. The zero-order valence-electron chi connectivity index (χ0n) is 9.80. The first kappa shape index (κ1) is 11.1. The minimum Gasteiger partial charge on any atom is -0.395 e. The van der Waals surface area contributed by atoms with Crippen molar-refractivity contribution in [1.82, 2.24) is 0 Å². The van der Waals surface area contributed by atoms with E-state index in [1.807, 2.05) is 35.2 Å². The summed E-state index contributed by atoms with van der Waals surface area (Å²) in [7, 11) is 0. The van der Waals surface area contributed by atoms with Gasteiger partial charge in [-0.25, -0.2) is 9.59 Å². The fourth-order valence-electron chi connectivity index (χ4n) is 2.46. The molecule has 0 aromatic heterocycles. The van der Waals surface area contributed by atoms with Gasteiger partial charge in [0.25, 0.3) is 0 Å². The van der Waals surface area contributed by atoms with Crippen LogP contribution in [0.15, 0.2) is 30.3 Å². The van der Waals surface area contributed by atoms with E-state index >= 15 is 0 Å². The number of carbonyl (C=O) groups is 2. The predicted molar refractivity (Wildman–Crippen MR) is 62.6 cm³/mol. The number of benzene rings is 1. The molecule has 94 valence electrons. The minimum absolute atomic E-state index is 0.513. The maximum atomic E-state index is 11.3. The molecule has 2 fully saturated rings. The van der Waals surface area contributed by atoms with Crippen LogP contribution in [-0.4, -0.2) is 24.4 Å². The Morgan fingerprint density at radius 3 is 2.33 bits per heavy atom. The Morgan fingerprint density at radius 1 is 1.00 bits per heavy atom. The van der Waals surface area contributed by atoms with Crippen LogP contribution < -0.4 is 4.90 Å². The van der Waals surface area contributed by atoms with Crippen molar-refractivity contribution in [3.8, 4) is 0 Å². The molecule has 0 atom stereocenters. The molecule has 0 radical (unpaired) electrons. The Labute approximate surface area is 104 Å². The number of hydrogen-bond acceptors (Lipinski definition) is 5. The molecule has 0 amide bonds. The van der Waals surface area contributed by atoms with Crippen LogP contribution in [0.2, 0.25) is 0 Å². The van der Waals surface area contributed by atoms with E-state index < -0.39 is 17.8 Å². The van der Waals surface area contributed by atoms with Gasteiger partial charge in [-0.3, -0.25) is 0 Å². The molecule has 18 heavy (non-hydrogen) atoms. The molecular weight excluding hydrogens is 234 g/mol. The molecule has 1 aromatic rings. The molecule has 0 aliphatic carbocycles. The number of hydrogen-bond donors (Lipinski definition) is 0. The van der Waals surface area contributed by atoms with Gasteiger partial charge < -0.3 is 14.4 Å². The molecule has 5 heteroatoms. The number of esters is 2. The van der Waals surface area contributed by atoms with Gasteiger partial charge in [-0.05, 0) is 25.0 Å². The zero-order chi connectivity index (χ0) is 12.6. The molecule has 0 unspecified atom stereocenters. The standard InChI is InChI=1S/C13H13NO4/c15-11-12(16)18-13(17-11)8-4-5-9-14(13)10-6-2-1-3-7-10/h1-3,6-7H,4-5,8-9H2. The number of piperidine rings is 1. The van der Waals surface area contributed by atoms with Crippen molar-refractivity contribution in [2.24, 2.45) is 0 Å². The lowest BCUT2D eigenvalue weighted by Gasteiger charge is -2.41. The van der Waals surface area contributed by atoms with Gasteiger partial charge >= 0.3 is 17.8 Å². The Kier molecular flexibility index (Phi) is 2.47. The quantitative estimate of drug-likeness (QED) is 0.555. The van der Waals surface area contributed by atoms with E-state index in [0.29, 0.717) is 13.0 Å². The number of para-hydroxylation sites is 1. The summed E-state index contributed by atoms with van der Waals surface area (Å²) in [5.41, 5.74) is 0.889. The Morgan fingerprint density at radius 2 is 1.67 bits per heavy atom. The SMILES string of the molecule is O=C1OC2(CCCCN2c2ccccc2)OC1=O. The smallest absolute Gasteiger partial charge is 0.395 e. The van der Waals surface area contributed by atoms with Crippen LogP contribution >= 0.6 is 0 Å². The summed E-state index contributed by atoms with van der Waals surface area (Å²) in [5.74, 6) is -3.04. The lowest BCUT2D eigenvalue weighted by molar-refractivity contribution is -0.185. The molecule has 2 aliphatic rings. The number of carbonyl (C=O) groups excluding carboxylic acids is 2. The van der Waals surface area contributed by atoms with Crippen molar-refractivity contribution in [2.75, 3.05) is 11.4 Å². The van der Waals surface area contributed by atoms with E-state index in [9.17, 15) is 9.59 Å². The van der Waals surface area contributed by atoms with E-state index in [1.54, 1.807) is 0 Å². The third kappa shape index (κ3) is 1.63. The monoisotopic (exact) mass is 247 g/mol. The Hall–Kier alpha value is -2.04. The average Bonchev–Trinajstić information content (AvgIpc) is 2.66. The number of nitrogens with zero attached hydrogens (tertiary/aromatic N) is 1. The van der Waals surface area contributed by atoms with Crippen LogP contribution in [0.25, 0.3) is 0 Å². The molecular formula is C13H13NO4. The number of ether oxygens (including phenoxy) is 2. The van der Waals surface area contributed by atoms with Crippen molar-refractivity contribution >= 4 is 17.6 Å². The highest BCUT2D eigenvalue weighted by atomic mass is 16.8. The van der Waals surface area contributed by atoms with E-state index in [4.69, 9.17) is 9.47 Å². The van der Waals surface area contributed by atoms with Gasteiger partial charge in [0, 0.05) is 18.7 Å². The van der Waals surface area contributed by atoms with Crippen molar-refractivity contribution < 1.29 is 19.1 Å². The van der Waals surface area contributed by atoms with Crippen molar-refractivity contribution in [1.29, 1.82) is 0 Å². The molecule has 0 bridgehead atoms. The van der Waals surface area contributed by atoms with Gasteiger partial charge in [0.05, 0.1) is 0 Å². The topological polar surface area (TPSA) is 55.8 Å². The average molecular weight is 247 g/mol. The molecule has 2 saturated heterocycles. The highest BCUT2D eigenvalue weighted by Gasteiger charge is 2.54. The summed E-state index contributed by atoms with van der Waals surface area (Å²) in [4.78, 5) is 24.4. The largest absolute Gasteiger partial charge is 0.422 e. The van der Waals surface area contributed by atoms with Crippen LogP contribution in [0.3, 0.4) is 0 Å². The van der Waals surface area contributed by atoms with Gasteiger partial charge in [0.1, 0.15) is 0 Å². The first-order valence-corrected chi connectivity index (χ1v) is 6.00. The fraction of sp³-hybridized carbons (Fsp3) is 0.385. The second-order valence-electron chi connectivity index (χ2n) is 4.44. The number of rotatable bonds is 1. The predicted octanol–water partition coefficient (Wildman–Crippen LogP) is 1.43. The van der Waals surface area contributed by atoms with E-state index in [0.717, 1.165) is 18.5 Å². The normalized spacial score (nSPS) is 21.9. The fourth-order valence-corrected chi connectivity index (χ4v) is 2.46. The molecule has 2 aliphatic heterocycles. The summed E-state index contributed by atoms with van der Waals surface area (Å²) in [6, 6.07) is 9.53. The second kappa shape index (κ2) is 4.01. The molecule has 5 nitrogen and oxygen atoms in total. The van der Waals surface area contributed by atoms with Crippen LogP contribution in [-0.2, 0) is 19.1 Å². The highest BCUT2D eigenvalue weighted by Crippen LogP contribution is 2.38. The molecule has 0 N–H and O–H groups in total.